The highest BCUT2D eigenvalue weighted by atomic mass is 19.1. The lowest BCUT2D eigenvalue weighted by atomic mass is 9.78. The number of nitrogens with one attached hydrogen (secondary N) is 1. The molecule has 0 spiro atoms. The first-order chi connectivity index (χ1) is 14.6. The Kier molecular flexibility index (Phi) is 6.11. The van der Waals surface area contributed by atoms with Crippen molar-refractivity contribution in [2.75, 3.05) is 13.1 Å². The van der Waals surface area contributed by atoms with Gasteiger partial charge >= 0.3 is 0 Å². The van der Waals surface area contributed by atoms with E-state index in [-0.39, 0.29) is 5.82 Å². The molecular formula is C24H25F3N2O. The summed E-state index contributed by atoms with van der Waals surface area (Å²) in [6, 6.07) is 8.35. The van der Waals surface area contributed by atoms with E-state index >= 15 is 0 Å². The molecule has 1 N–H and O–H groups in total. The molecule has 5 rings (SSSR count). The first-order valence-corrected chi connectivity index (χ1v) is 10.5. The fraction of sp³-hybridized carbons (Fsp3) is 0.375. The molecule has 158 valence electrons. The third-order valence-electron chi connectivity index (χ3n) is 6.05. The zero-order valence-electron chi connectivity index (χ0n) is 16.8. The molecule has 3 nitrogen and oxygen atoms in total. The molecule has 0 bridgehead atoms. The highest BCUT2D eigenvalue weighted by Crippen LogP contribution is 2.45. The standard InChI is InChI=1S/C18H14F3N.C6H11NO/c19-12-6-4-11(5-7-12)17-16(10-2-1-3-10)14-8-13(20)9-15(21)18(14)22-17;8-6-7-4-2-1-3-5-7/h4-10,22H,1-3H2;6H,1-5H2. The monoisotopic (exact) mass is 414 g/mol. The van der Waals surface area contributed by atoms with E-state index in [1.165, 1.54) is 37.5 Å². The maximum Gasteiger partial charge on any atom is 0.209 e. The van der Waals surface area contributed by atoms with Gasteiger partial charge in [0, 0.05) is 24.5 Å². The molecule has 1 amide bonds. The van der Waals surface area contributed by atoms with Crippen molar-refractivity contribution in [2.45, 2.75) is 44.4 Å². The minimum Gasteiger partial charge on any atom is -0.352 e. The molecule has 6 heteroatoms. The Balaban J connectivity index is 0.000000230. The van der Waals surface area contributed by atoms with Crippen LogP contribution >= 0.6 is 0 Å². The Morgan fingerprint density at radius 2 is 1.60 bits per heavy atom. The Morgan fingerprint density at radius 3 is 2.17 bits per heavy atom. The topological polar surface area (TPSA) is 36.1 Å². The van der Waals surface area contributed by atoms with E-state index in [4.69, 9.17) is 0 Å². The fourth-order valence-electron chi connectivity index (χ4n) is 4.23. The number of hydrogen-bond donors (Lipinski definition) is 1. The van der Waals surface area contributed by atoms with Crippen LogP contribution in [0.1, 0.15) is 50.0 Å². The van der Waals surface area contributed by atoms with Crippen molar-refractivity contribution in [3.8, 4) is 11.3 Å². The summed E-state index contributed by atoms with van der Waals surface area (Å²) in [7, 11) is 0. The van der Waals surface area contributed by atoms with Gasteiger partial charge in [0.25, 0.3) is 0 Å². The number of carbonyl (C=O) groups is 1. The highest BCUT2D eigenvalue weighted by Gasteiger charge is 2.27. The smallest absolute Gasteiger partial charge is 0.209 e. The molecule has 1 saturated carbocycles. The van der Waals surface area contributed by atoms with Crippen molar-refractivity contribution < 1.29 is 18.0 Å². The number of nitrogens with zero attached hydrogens (tertiary/aromatic N) is 1. The third-order valence-corrected chi connectivity index (χ3v) is 6.05. The van der Waals surface area contributed by atoms with Crippen LogP contribution in [0.15, 0.2) is 36.4 Å². The molecular weight excluding hydrogens is 389 g/mol. The maximum absolute atomic E-state index is 14.1. The second kappa shape index (κ2) is 8.94. The number of halogens is 3. The number of fused-ring (bicyclic) bond motifs is 1. The van der Waals surface area contributed by atoms with Crippen LogP contribution in [0.3, 0.4) is 0 Å². The van der Waals surface area contributed by atoms with Crippen molar-refractivity contribution in [1.29, 1.82) is 0 Å². The molecule has 1 aliphatic heterocycles. The number of benzene rings is 2. The molecule has 2 aliphatic rings. The SMILES string of the molecule is Fc1ccc(-c2[nH]c3c(F)cc(F)cc3c2C2CCC2)cc1.O=CN1CCCCC1. The normalized spacial score (nSPS) is 16.7. The van der Waals surface area contributed by atoms with Gasteiger partial charge in [0.1, 0.15) is 17.5 Å². The Morgan fingerprint density at radius 1 is 0.900 bits per heavy atom. The molecule has 0 radical (unpaired) electrons. The molecule has 1 saturated heterocycles. The summed E-state index contributed by atoms with van der Waals surface area (Å²) < 4.78 is 40.8. The summed E-state index contributed by atoms with van der Waals surface area (Å²) in [4.78, 5) is 15.0. The molecule has 30 heavy (non-hydrogen) atoms. The predicted molar refractivity (Wildman–Crippen MR) is 112 cm³/mol. The Bertz CT molecular complexity index is 1020. The van der Waals surface area contributed by atoms with E-state index in [1.807, 2.05) is 4.90 Å². The van der Waals surface area contributed by atoms with Gasteiger partial charge in [-0.05, 0) is 79.5 Å². The molecule has 2 fully saturated rings. The lowest BCUT2D eigenvalue weighted by Gasteiger charge is -2.26. The van der Waals surface area contributed by atoms with Crippen LogP contribution in [0.2, 0.25) is 0 Å². The Hall–Kier alpha value is -2.76. The average molecular weight is 414 g/mol. The zero-order chi connectivity index (χ0) is 21.1. The van der Waals surface area contributed by atoms with Crippen molar-refractivity contribution in [1.82, 2.24) is 9.88 Å². The van der Waals surface area contributed by atoms with Gasteiger partial charge in [0.15, 0.2) is 0 Å². The lowest BCUT2D eigenvalue weighted by Crippen LogP contribution is -2.27. The number of aromatic amines is 1. The second-order valence-corrected chi connectivity index (χ2v) is 8.06. The van der Waals surface area contributed by atoms with Gasteiger partial charge in [-0.15, -0.1) is 0 Å². The van der Waals surface area contributed by atoms with Gasteiger partial charge in [0.05, 0.1) is 11.2 Å². The summed E-state index contributed by atoms with van der Waals surface area (Å²) in [6.07, 6.45) is 7.78. The lowest BCUT2D eigenvalue weighted by molar-refractivity contribution is -0.118. The fourth-order valence-corrected chi connectivity index (χ4v) is 4.23. The number of rotatable bonds is 3. The van der Waals surface area contributed by atoms with E-state index in [1.54, 1.807) is 12.1 Å². The van der Waals surface area contributed by atoms with Gasteiger partial charge < -0.3 is 9.88 Å². The zero-order valence-corrected chi connectivity index (χ0v) is 16.8. The van der Waals surface area contributed by atoms with Crippen LogP contribution in [-0.4, -0.2) is 29.4 Å². The molecule has 0 unspecified atom stereocenters. The molecule has 1 aromatic heterocycles. The second-order valence-electron chi connectivity index (χ2n) is 8.06. The number of hydrogen-bond acceptors (Lipinski definition) is 1. The quantitative estimate of drug-likeness (QED) is 0.513. The van der Waals surface area contributed by atoms with Crippen LogP contribution in [-0.2, 0) is 4.79 Å². The van der Waals surface area contributed by atoms with E-state index < -0.39 is 11.6 Å². The first kappa shape index (κ1) is 20.5. The minimum atomic E-state index is -0.594. The molecule has 3 aromatic rings. The van der Waals surface area contributed by atoms with Crippen LogP contribution in [0.4, 0.5) is 13.2 Å². The van der Waals surface area contributed by atoms with E-state index in [9.17, 15) is 18.0 Å². The van der Waals surface area contributed by atoms with Crippen LogP contribution in [0.25, 0.3) is 22.2 Å². The summed E-state index contributed by atoms with van der Waals surface area (Å²) >= 11 is 0. The summed E-state index contributed by atoms with van der Waals surface area (Å²) in [5, 5.41) is 0.599. The summed E-state index contributed by atoms with van der Waals surface area (Å²) in [5.41, 5.74) is 2.83. The van der Waals surface area contributed by atoms with Gasteiger partial charge in [-0.3, -0.25) is 4.79 Å². The Labute approximate surface area is 173 Å². The molecule has 2 heterocycles. The predicted octanol–water partition coefficient (Wildman–Crippen LogP) is 6.15. The highest BCUT2D eigenvalue weighted by molar-refractivity contribution is 5.92. The summed E-state index contributed by atoms with van der Waals surface area (Å²) in [6.45, 7) is 1.95. The van der Waals surface area contributed by atoms with Crippen LogP contribution in [0, 0.1) is 17.5 Å². The van der Waals surface area contributed by atoms with Crippen molar-refractivity contribution in [2.24, 2.45) is 0 Å². The number of H-pyrrole nitrogens is 1. The number of piperidine rings is 1. The number of carbonyl (C=O) groups excluding carboxylic acids is 1. The van der Waals surface area contributed by atoms with Crippen molar-refractivity contribution >= 4 is 17.3 Å². The molecule has 1 aliphatic carbocycles. The number of aromatic nitrogens is 1. The van der Waals surface area contributed by atoms with E-state index in [0.29, 0.717) is 16.8 Å². The molecule has 2 aromatic carbocycles. The summed E-state index contributed by atoms with van der Waals surface area (Å²) in [5.74, 6) is -1.18. The van der Waals surface area contributed by atoms with Gasteiger partial charge in [-0.1, -0.05) is 6.42 Å². The third kappa shape index (κ3) is 4.23. The average Bonchev–Trinajstić information content (AvgIpc) is 3.08. The van der Waals surface area contributed by atoms with E-state index in [2.05, 4.69) is 4.98 Å². The first-order valence-electron chi connectivity index (χ1n) is 10.5. The minimum absolute atomic E-state index is 0.301. The van der Waals surface area contributed by atoms with Gasteiger partial charge in [-0.2, -0.15) is 0 Å². The van der Waals surface area contributed by atoms with E-state index in [0.717, 1.165) is 61.6 Å². The van der Waals surface area contributed by atoms with Gasteiger partial charge in [0.2, 0.25) is 6.41 Å². The van der Waals surface area contributed by atoms with Crippen LogP contribution in [0.5, 0.6) is 0 Å². The van der Waals surface area contributed by atoms with Crippen molar-refractivity contribution in [3.05, 3.63) is 59.4 Å². The molecule has 0 atom stereocenters. The van der Waals surface area contributed by atoms with Crippen molar-refractivity contribution in [3.63, 3.8) is 0 Å². The number of amides is 1. The maximum atomic E-state index is 14.1. The van der Waals surface area contributed by atoms with Crippen LogP contribution < -0.4 is 0 Å². The largest absolute Gasteiger partial charge is 0.352 e. The van der Waals surface area contributed by atoms with Gasteiger partial charge in [-0.25, -0.2) is 13.2 Å². The number of likely N-dealkylation sites (tertiary alicyclic amines) is 1.